The van der Waals surface area contributed by atoms with Crippen molar-refractivity contribution in [1.82, 2.24) is 5.32 Å². The number of nitrogens with one attached hydrogen (secondary N) is 1. The summed E-state index contributed by atoms with van der Waals surface area (Å²) in [6, 6.07) is 8.66. The smallest absolute Gasteiger partial charge is 0.235 e. The Bertz CT molecular complexity index is 448. The molecule has 4 heteroatoms. The van der Waals surface area contributed by atoms with Crippen LogP contribution in [0.3, 0.4) is 0 Å². The fourth-order valence-corrected chi connectivity index (χ4v) is 3.60. The number of amides is 1. The van der Waals surface area contributed by atoms with Crippen molar-refractivity contribution >= 4 is 30.8 Å². The van der Waals surface area contributed by atoms with Crippen molar-refractivity contribution < 1.29 is 4.79 Å². The van der Waals surface area contributed by atoms with E-state index in [1.54, 1.807) is 0 Å². The van der Waals surface area contributed by atoms with Crippen LogP contribution in [0.4, 0.5) is 4.79 Å². The Morgan fingerprint density at radius 3 is 2.63 bits per heavy atom. The largest absolute Gasteiger partial charge is 0.348 e. The molecule has 1 fully saturated rings. The molecule has 1 aromatic rings. The van der Waals surface area contributed by atoms with Gasteiger partial charge in [0.1, 0.15) is 0 Å². The number of halogens is 1. The minimum atomic E-state index is -0.0387. The average molecular weight is 342 g/mol. The quantitative estimate of drug-likeness (QED) is 0.605. The summed E-state index contributed by atoms with van der Waals surface area (Å²) in [6.45, 7) is 2.17. The Labute approximate surface area is 126 Å². The minimum Gasteiger partial charge on any atom is -0.348 e. The van der Waals surface area contributed by atoms with Crippen LogP contribution < -0.4 is 5.32 Å². The van der Waals surface area contributed by atoms with Gasteiger partial charge in [-0.3, -0.25) is 4.79 Å². The minimum absolute atomic E-state index is 0.00425. The summed E-state index contributed by atoms with van der Waals surface area (Å²) >= 11 is 3.48. The molecular formula is C15H21BrNOP. The topological polar surface area (TPSA) is 29.1 Å². The molecule has 3 unspecified atom stereocenters. The zero-order valence-corrected chi connectivity index (χ0v) is 14.0. The highest BCUT2D eigenvalue weighted by Gasteiger charge is 2.29. The Balaban J connectivity index is 2.04. The number of hydrogen-bond donors (Lipinski definition) is 1. The van der Waals surface area contributed by atoms with Gasteiger partial charge in [-0.05, 0) is 65.5 Å². The Kier molecular flexibility index (Phi) is 5.03. The third-order valence-electron chi connectivity index (χ3n) is 4.09. The first kappa shape index (κ1) is 15.0. The van der Waals surface area contributed by atoms with Crippen LogP contribution in [0.1, 0.15) is 50.5 Å². The molecule has 3 atom stereocenters. The molecule has 2 nitrogen and oxygen atoms in total. The highest BCUT2D eigenvalue weighted by molar-refractivity contribution is 9.10. The summed E-state index contributed by atoms with van der Waals surface area (Å²) in [4.78, 5) is 11.3. The van der Waals surface area contributed by atoms with E-state index in [9.17, 15) is 4.79 Å². The van der Waals surface area contributed by atoms with Crippen molar-refractivity contribution in [3.63, 3.8) is 0 Å². The van der Waals surface area contributed by atoms with Crippen LogP contribution in [-0.4, -0.2) is 11.2 Å². The molecule has 0 radical (unpaired) electrons. The lowest BCUT2D eigenvalue weighted by Gasteiger charge is -2.29. The zero-order chi connectivity index (χ0) is 13.9. The van der Waals surface area contributed by atoms with Gasteiger partial charge in [0, 0.05) is 10.0 Å². The molecule has 0 bridgehead atoms. The van der Waals surface area contributed by atoms with Gasteiger partial charge in [0.15, 0.2) is 0 Å². The van der Waals surface area contributed by atoms with Crippen LogP contribution >= 0.6 is 25.2 Å². The van der Waals surface area contributed by atoms with Gasteiger partial charge in [-0.15, -0.1) is 0 Å². The molecule has 0 aromatic heterocycles. The van der Waals surface area contributed by atoms with Gasteiger partial charge in [-0.1, -0.05) is 34.5 Å². The first-order chi connectivity index (χ1) is 8.98. The van der Waals surface area contributed by atoms with Gasteiger partial charge in [-0.25, -0.2) is 0 Å². The molecule has 1 amide bonds. The molecule has 0 aliphatic heterocycles. The van der Waals surface area contributed by atoms with Gasteiger partial charge in [0.2, 0.25) is 5.65 Å². The van der Waals surface area contributed by atoms with E-state index in [0.29, 0.717) is 5.92 Å². The summed E-state index contributed by atoms with van der Waals surface area (Å²) in [5.41, 5.74) is 1.39. The molecule has 0 heterocycles. The van der Waals surface area contributed by atoms with Crippen LogP contribution in [0.5, 0.6) is 0 Å². The summed E-state index contributed by atoms with van der Waals surface area (Å²) in [7, 11) is 2.22. The molecular weight excluding hydrogens is 321 g/mol. The van der Waals surface area contributed by atoms with Crippen molar-refractivity contribution in [3.8, 4) is 0 Å². The molecule has 104 valence electrons. The number of rotatable bonds is 2. The van der Waals surface area contributed by atoms with Crippen LogP contribution in [0.15, 0.2) is 28.7 Å². The van der Waals surface area contributed by atoms with E-state index < -0.39 is 0 Å². The molecule has 1 N–H and O–H groups in total. The monoisotopic (exact) mass is 341 g/mol. The predicted molar refractivity (Wildman–Crippen MR) is 86.6 cm³/mol. The van der Waals surface area contributed by atoms with Crippen molar-refractivity contribution in [2.45, 2.75) is 50.5 Å². The van der Waals surface area contributed by atoms with Gasteiger partial charge < -0.3 is 5.32 Å². The molecule has 0 saturated heterocycles. The molecule has 19 heavy (non-hydrogen) atoms. The molecule has 1 aliphatic rings. The zero-order valence-electron chi connectivity index (χ0n) is 11.3. The summed E-state index contributed by atoms with van der Waals surface area (Å²) < 4.78 is 1.13. The van der Waals surface area contributed by atoms with Crippen LogP contribution in [0.2, 0.25) is 0 Å². The maximum Gasteiger partial charge on any atom is 0.235 e. The highest BCUT2D eigenvalue weighted by Crippen LogP contribution is 2.36. The molecule has 1 aliphatic carbocycles. The van der Waals surface area contributed by atoms with E-state index >= 15 is 0 Å². The van der Waals surface area contributed by atoms with Gasteiger partial charge in [0.25, 0.3) is 0 Å². The Morgan fingerprint density at radius 1 is 1.32 bits per heavy atom. The maximum absolute atomic E-state index is 11.3. The first-order valence-corrected chi connectivity index (χ1v) is 8.19. The second-order valence-corrected chi connectivity index (χ2v) is 7.17. The highest BCUT2D eigenvalue weighted by atomic mass is 79.9. The SMILES string of the molecule is CC1(NC(=O)P)CCCC(c2ccc(Br)cc2)CC1. The first-order valence-electron chi connectivity index (χ1n) is 6.82. The maximum atomic E-state index is 11.3. The van der Waals surface area contributed by atoms with E-state index in [2.05, 4.69) is 61.7 Å². The fraction of sp³-hybridized carbons (Fsp3) is 0.533. The standard InChI is InChI=1S/C15H21BrNOP/c1-15(17-14(18)19)9-2-3-11(8-10-15)12-4-6-13(16)7-5-12/h4-7,11H,2-3,8-10,19H2,1H3,(H,17,18). The summed E-state index contributed by atoms with van der Waals surface area (Å²) in [6.07, 6.45) is 5.64. The van der Waals surface area contributed by atoms with E-state index in [1.807, 2.05) is 0 Å². The fourth-order valence-electron chi connectivity index (χ4n) is 2.99. The van der Waals surface area contributed by atoms with E-state index in [4.69, 9.17) is 0 Å². The van der Waals surface area contributed by atoms with Crippen molar-refractivity contribution in [3.05, 3.63) is 34.3 Å². The normalized spacial score (nSPS) is 27.6. The number of carbonyl (C=O) groups excluding carboxylic acids is 1. The molecule has 1 saturated carbocycles. The van der Waals surface area contributed by atoms with E-state index in [-0.39, 0.29) is 11.2 Å². The molecule has 1 aromatic carbocycles. The Morgan fingerprint density at radius 2 is 2.00 bits per heavy atom. The number of benzene rings is 1. The lowest BCUT2D eigenvalue weighted by Crippen LogP contribution is -2.43. The Hall–Kier alpha value is -0.400. The number of hydrogen-bond acceptors (Lipinski definition) is 1. The van der Waals surface area contributed by atoms with E-state index in [1.165, 1.54) is 18.4 Å². The lowest BCUT2D eigenvalue weighted by molar-refractivity contribution is 0.243. The molecule has 2 rings (SSSR count). The summed E-state index contributed by atoms with van der Waals surface area (Å²) in [5.74, 6) is 0.622. The predicted octanol–water partition coefficient (Wildman–Crippen LogP) is 4.84. The van der Waals surface area contributed by atoms with Crippen molar-refractivity contribution in [1.29, 1.82) is 0 Å². The van der Waals surface area contributed by atoms with Gasteiger partial charge in [-0.2, -0.15) is 0 Å². The third-order valence-corrected chi connectivity index (χ3v) is 4.77. The number of carbonyl (C=O) groups is 1. The third kappa shape index (κ3) is 4.29. The van der Waals surface area contributed by atoms with Gasteiger partial charge >= 0.3 is 0 Å². The second-order valence-electron chi connectivity index (χ2n) is 5.73. The van der Waals surface area contributed by atoms with Crippen LogP contribution in [0, 0.1) is 0 Å². The lowest BCUT2D eigenvalue weighted by atomic mass is 9.89. The van der Waals surface area contributed by atoms with Crippen molar-refractivity contribution in [2.75, 3.05) is 0 Å². The van der Waals surface area contributed by atoms with Gasteiger partial charge in [0.05, 0.1) is 0 Å². The van der Waals surface area contributed by atoms with Crippen molar-refractivity contribution in [2.24, 2.45) is 0 Å². The average Bonchev–Trinajstić information content (AvgIpc) is 2.51. The summed E-state index contributed by atoms with van der Waals surface area (Å²) in [5, 5.41) is 3.10. The second kappa shape index (κ2) is 6.37. The van der Waals surface area contributed by atoms with Crippen LogP contribution in [0.25, 0.3) is 0 Å². The van der Waals surface area contributed by atoms with E-state index in [0.717, 1.165) is 23.7 Å². The van der Waals surface area contributed by atoms with Crippen LogP contribution in [-0.2, 0) is 0 Å². The molecule has 0 spiro atoms.